The molecular weight excluding hydrogens is 256 g/mol. The smallest absolute Gasteiger partial charge is 0.250 e. The predicted molar refractivity (Wildman–Crippen MR) is 66.9 cm³/mol. The molecular formula is C10H14N4O3S. The standard InChI is InChI=1S/C10H14N4O3S/c1-8(15)13-18(17)4-2-14(3-5-18)10-11-6-9(16)7-12-10/h6-7,16H,2-5H2,1H3. The van der Waals surface area contributed by atoms with Crippen molar-refractivity contribution < 1.29 is 14.1 Å². The van der Waals surface area contributed by atoms with Crippen molar-refractivity contribution in [2.45, 2.75) is 6.92 Å². The highest BCUT2D eigenvalue weighted by molar-refractivity contribution is 7.94. The molecule has 1 aromatic rings. The van der Waals surface area contributed by atoms with Crippen LogP contribution in [-0.2, 0) is 14.5 Å². The summed E-state index contributed by atoms with van der Waals surface area (Å²) in [6.45, 7) is 2.28. The van der Waals surface area contributed by atoms with Gasteiger partial charge in [0.15, 0.2) is 5.75 Å². The van der Waals surface area contributed by atoms with Crippen molar-refractivity contribution in [2.24, 2.45) is 4.36 Å². The third-order valence-electron chi connectivity index (χ3n) is 2.56. The number of hydrogen-bond acceptors (Lipinski definition) is 6. The number of hydrogen-bond donors (Lipinski definition) is 1. The lowest BCUT2D eigenvalue weighted by Crippen LogP contribution is -2.41. The molecule has 2 heterocycles. The van der Waals surface area contributed by atoms with Crippen LogP contribution in [0.2, 0.25) is 0 Å². The van der Waals surface area contributed by atoms with Gasteiger partial charge in [0.25, 0.3) is 5.91 Å². The highest BCUT2D eigenvalue weighted by Crippen LogP contribution is 2.15. The van der Waals surface area contributed by atoms with Crippen molar-refractivity contribution in [2.75, 3.05) is 29.5 Å². The van der Waals surface area contributed by atoms with Crippen molar-refractivity contribution in [1.29, 1.82) is 0 Å². The van der Waals surface area contributed by atoms with Gasteiger partial charge in [-0.15, -0.1) is 0 Å². The SMILES string of the molecule is CC(=O)N=S1(=O)CCN(c2ncc(O)cn2)CC1. The van der Waals surface area contributed by atoms with Gasteiger partial charge >= 0.3 is 0 Å². The molecule has 1 aromatic heterocycles. The van der Waals surface area contributed by atoms with Crippen LogP contribution < -0.4 is 4.90 Å². The quantitative estimate of drug-likeness (QED) is 0.772. The molecule has 2 rings (SSSR count). The van der Waals surface area contributed by atoms with Crippen LogP contribution in [0.25, 0.3) is 0 Å². The Balaban J connectivity index is 2.09. The molecule has 0 bridgehead atoms. The molecule has 0 atom stereocenters. The zero-order valence-corrected chi connectivity index (χ0v) is 10.8. The van der Waals surface area contributed by atoms with Crippen molar-refractivity contribution in [3.05, 3.63) is 12.4 Å². The van der Waals surface area contributed by atoms with Gasteiger partial charge < -0.3 is 10.0 Å². The van der Waals surface area contributed by atoms with Crippen LogP contribution in [0.15, 0.2) is 16.8 Å². The largest absolute Gasteiger partial charge is 0.505 e. The molecule has 1 saturated heterocycles. The average molecular weight is 270 g/mol. The van der Waals surface area contributed by atoms with Crippen molar-refractivity contribution in [3.8, 4) is 5.75 Å². The van der Waals surface area contributed by atoms with E-state index in [4.69, 9.17) is 5.11 Å². The summed E-state index contributed by atoms with van der Waals surface area (Å²) in [6.07, 6.45) is 2.63. The molecule has 1 N–H and O–H groups in total. The van der Waals surface area contributed by atoms with Crippen LogP contribution in [0.5, 0.6) is 5.75 Å². The fourth-order valence-corrected chi connectivity index (χ4v) is 3.59. The fourth-order valence-electron chi connectivity index (χ4n) is 1.72. The zero-order chi connectivity index (χ0) is 13.2. The maximum absolute atomic E-state index is 12.2. The molecule has 7 nitrogen and oxygen atoms in total. The number of carbonyl (C=O) groups is 1. The molecule has 8 heteroatoms. The summed E-state index contributed by atoms with van der Waals surface area (Å²) in [5.41, 5.74) is 0. The number of amides is 1. The van der Waals surface area contributed by atoms with E-state index in [-0.39, 0.29) is 5.75 Å². The number of anilines is 1. The number of carbonyl (C=O) groups excluding carboxylic acids is 1. The molecule has 1 fully saturated rings. The molecule has 18 heavy (non-hydrogen) atoms. The van der Waals surface area contributed by atoms with Crippen LogP contribution >= 0.6 is 0 Å². The first kappa shape index (κ1) is 12.7. The maximum Gasteiger partial charge on any atom is 0.250 e. The monoisotopic (exact) mass is 270 g/mol. The summed E-state index contributed by atoms with van der Waals surface area (Å²) in [5.74, 6) is 0.755. The van der Waals surface area contributed by atoms with Crippen LogP contribution in [0.1, 0.15) is 6.92 Å². The lowest BCUT2D eigenvalue weighted by atomic mass is 10.5. The minimum absolute atomic E-state index is 0.00568. The Morgan fingerprint density at radius 2 is 1.94 bits per heavy atom. The molecule has 0 aliphatic carbocycles. The highest BCUT2D eigenvalue weighted by Gasteiger charge is 2.22. The Morgan fingerprint density at radius 1 is 1.39 bits per heavy atom. The summed E-state index contributed by atoms with van der Waals surface area (Å²) in [7, 11) is -2.41. The van der Waals surface area contributed by atoms with E-state index in [0.29, 0.717) is 30.5 Å². The Kier molecular flexibility index (Phi) is 3.46. The normalized spacial score (nSPS) is 18.4. The highest BCUT2D eigenvalue weighted by atomic mass is 32.2. The average Bonchev–Trinajstić information content (AvgIpc) is 2.30. The molecule has 1 aliphatic rings. The van der Waals surface area contributed by atoms with E-state index in [1.54, 1.807) is 0 Å². The lowest BCUT2D eigenvalue weighted by molar-refractivity contribution is -0.115. The van der Waals surface area contributed by atoms with E-state index in [1.807, 2.05) is 4.90 Å². The Labute approximate surface area is 105 Å². The second kappa shape index (κ2) is 4.89. The minimum atomic E-state index is -2.41. The number of aromatic hydroxyl groups is 1. The van der Waals surface area contributed by atoms with E-state index in [1.165, 1.54) is 19.3 Å². The van der Waals surface area contributed by atoms with E-state index in [9.17, 15) is 9.00 Å². The first-order valence-corrected chi connectivity index (χ1v) is 7.33. The summed E-state index contributed by atoms with van der Waals surface area (Å²) in [6, 6.07) is 0. The fraction of sp³-hybridized carbons (Fsp3) is 0.500. The number of nitrogens with zero attached hydrogens (tertiary/aromatic N) is 4. The Hall–Kier alpha value is -1.70. The van der Waals surface area contributed by atoms with Gasteiger partial charge in [0, 0.05) is 31.5 Å². The Bertz CT molecular complexity index is 549. The summed E-state index contributed by atoms with van der Waals surface area (Å²) in [4.78, 5) is 20.7. The predicted octanol–water partition coefficient (Wildman–Crippen LogP) is 0.0167. The number of rotatable bonds is 1. The third-order valence-corrected chi connectivity index (χ3v) is 4.79. The zero-order valence-electron chi connectivity index (χ0n) is 9.94. The molecule has 0 spiro atoms. The molecule has 0 aromatic carbocycles. The summed E-state index contributed by atoms with van der Waals surface area (Å²) in [5, 5.41) is 9.10. The molecule has 1 amide bonds. The topological polar surface area (TPSA) is 95.8 Å². The van der Waals surface area contributed by atoms with Crippen molar-refractivity contribution >= 4 is 21.6 Å². The van der Waals surface area contributed by atoms with Gasteiger partial charge in [-0.1, -0.05) is 0 Å². The van der Waals surface area contributed by atoms with E-state index < -0.39 is 15.6 Å². The van der Waals surface area contributed by atoms with Crippen LogP contribution in [0.3, 0.4) is 0 Å². The third kappa shape index (κ3) is 2.95. The van der Waals surface area contributed by atoms with Crippen molar-refractivity contribution in [3.63, 3.8) is 0 Å². The summed E-state index contributed by atoms with van der Waals surface area (Å²) < 4.78 is 15.8. The van der Waals surface area contributed by atoms with Gasteiger partial charge in [0.2, 0.25) is 5.95 Å². The first-order valence-electron chi connectivity index (χ1n) is 5.47. The van der Waals surface area contributed by atoms with Crippen molar-refractivity contribution in [1.82, 2.24) is 9.97 Å². The van der Waals surface area contributed by atoms with E-state index >= 15 is 0 Å². The van der Waals surface area contributed by atoms with Gasteiger partial charge in [0.05, 0.1) is 22.1 Å². The number of aromatic nitrogens is 2. The van der Waals surface area contributed by atoms with Gasteiger partial charge in [-0.2, -0.15) is 4.36 Å². The van der Waals surface area contributed by atoms with Gasteiger partial charge in [-0.3, -0.25) is 4.79 Å². The maximum atomic E-state index is 12.2. The first-order chi connectivity index (χ1) is 8.48. The Morgan fingerprint density at radius 3 is 2.44 bits per heavy atom. The minimum Gasteiger partial charge on any atom is -0.505 e. The van der Waals surface area contributed by atoms with E-state index in [0.717, 1.165) is 0 Å². The summed E-state index contributed by atoms with van der Waals surface area (Å²) >= 11 is 0. The molecule has 1 aliphatic heterocycles. The van der Waals surface area contributed by atoms with Gasteiger partial charge in [-0.05, 0) is 0 Å². The van der Waals surface area contributed by atoms with Crippen LogP contribution in [0, 0.1) is 0 Å². The second-order valence-corrected chi connectivity index (χ2v) is 6.56. The molecule has 98 valence electrons. The van der Waals surface area contributed by atoms with Gasteiger partial charge in [-0.25, -0.2) is 14.2 Å². The van der Waals surface area contributed by atoms with Crippen LogP contribution in [-0.4, -0.2) is 49.8 Å². The van der Waals surface area contributed by atoms with E-state index in [2.05, 4.69) is 14.3 Å². The van der Waals surface area contributed by atoms with Crippen LogP contribution in [0.4, 0.5) is 5.95 Å². The van der Waals surface area contributed by atoms with Gasteiger partial charge in [0.1, 0.15) is 0 Å². The second-order valence-electron chi connectivity index (χ2n) is 4.02. The lowest BCUT2D eigenvalue weighted by Gasteiger charge is -2.28. The molecule has 0 saturated carbocycles. The molecule has 0 unspecified atom stereocenters. The molecule has 0 radical (unpaired) electrons.